The van der Waals surface area contributed by atoms with E-state index in [4.69, 9.17) is 15.6 Å². The molecule has 3 N–H and O–H groups in total. The SMILES string of the molecule is N[C@@H](CCOC1CC2C=CC1C2)C(=O)O. The fraction of sp³-hybridized carbons (Fsp3) is 0.727. The molecule has 4 heteroatoms. The van der Waals surface area contributed by atoms with Gasteiger partial charge in [0.05, 0.1) is 6.10 Å². The number of rotatable bonds is 5. The highest BCUT2D eigenvalue weighted by molar-refractivity contribution is 5.72. The molecular formula is C11H17NO3. The largest absolute Gasteiger partial charge is 0.480 e. The molecule has 2 aliphatic rings. The Balaban J connectivity index is 1.67. The zero-order valence-electron chi connectivity index (χ0n) is 8.63. The van der Waals surface area contributed by atoms with Gasteiger partial charge in [-0.2, -0.15) is 0 Å². The molecule has 2 bridgehead atoms. The molecule has 2 aliphatic carbocycles. The molecule has 0 aliphatic heterocycles. The molecular weight excluding hydrogens is 194 g/mol. The molecule has 1 fully saturated rings. The van der Waals surface area contributed by atoms with E-state index < -0.39 is 12.0 Å². The molecule has 84 valence electrons. The average molecular weight is 211 g/mol. The van der Waals surface area contributed by atoms with Crippen LogP contribution < -0.4 is 5.73 Å². The lowest BCUT2D eigenvalue weighted by Gasteiger charge is -2.19. The van der Waals surface area contributed by atoms with Crippen LogP contribution in [0.3, 0.4) is 0 Å². The number of hydrogen-bond acceptors (Lipinski definition) is 3. The standard InChI is InChI=1S/C11H17NO3/c12-9(11(13)14)3-4-15-10-6-7-1-2-8(10)5-7/h1-2,7-10H,3-6,12H2,(H,13,14)/t7?,8?,9-,10?/m0/s1. The van der Waals surface area contributed by atoms with Crippen molar-refractivity contribution in [3.8, 4) is 0 Å². The van der Waals surface area contributed by atoms with Gasteiger partial charge in [-0.1, -0.05) is 12.2 Å². The van der Waals surface area contributed by atoms with E-state index in [1.165, 1.54) is 6.42 Å². The van der Waals surface area contributed by atoms with Crippen molar-refractivity contribution < 1.29 is 14.6 Å². The van der Waals surface area contributed by atoms with Crippen molar-refractivity contribution in [3.05, 3.63) is 12.2 Å². The second kappa shape index (κ2) is 4.33. The van der Waals surface area contributed by atoms with Gasteiger partial charge in [-0.15, -0.1) is 0 Å². The Hall–Kier alpha value is -0.870. The molecule has 0 saturated heterocycles. The summed E-state index contributed by atoms with van der Waals surface area (Å²) in [7, 11) is 0. The highest BCUT2D eigenvalue weighted by atomic mass is 16.5. The lowest BCUT2D eigenvalue weighted by atomic mass is 10.0. The zero-order chi connectivity index (χ0) is 10.8. The Labute approximate surface area is 89.1 Å². The Morgan fingerprint density at radius 1 is 1.53 bits per heavy atom. The van der Waals surface area contributed by atoms with E-state index in [9.17, 15) is 4.79 Å². The van der Waals surface area contributed by atoms with Gasteiger partial charge in [-0.25, -0.2) is 0 Å². The molecule has 0 spiro atoms. The minimum absolute atomic E-state index is 0.293. The average Bonchev–Trinajstić information content (AvgIpc) is 2.78. The first-order valence-corrected chi connectivity index (χ1v) is 5.45. The second-order valence-electron chi connectivity index (χ2n) is 4.42. The van der Waals surface area contributed by atoms with Crippen LogP contribution in [0.25, 0.3) is 0 Å². The van der Waals surface area contributed by atoms with Gasteiger partial charge in [0.2, 0.25) is 0 Å². The molecule has 3 unspecified atom stereocenters. The summed E-state index contributed by atoms with van der Waals surface area (Å²) < 4.78 is 5.66. The molecule has 1 saturated carbocycles. The van der Waals surface area contributed by atoms with Crippen LogP contribution in [0.1, 0.15) is 19.3 Å². The third-order valence-electron chi connectivity index (χ3n) is 3.30. The van der Waals surface area contributed by atoms with Gasteiger partial charge < -0.3 is 15.6 Å². The van der Waals surface area contributed by atoms with Crippen molar-refractivity contribution in [1.82, 2.24) is 0 Å². The Morgan fingerprint density at radius 2 is 2.33 bits per heavy atom. The monoisotopic (exact) mass is 211 g/mol. The minimum atomic E-state index is -0.952. The molecule has 0 heterocycles. The number of hydrogen-bond donors (Lipinski definition) is 2. The van der Waals surface area contributed by atoms with Gasteiger partial charge in [0.1, 0.15) is 6.04 Å². The Morgan fingerprint density at radius 3 is 2.87 bits per heavy atom. The number of carboxylic acids is 1. The summed E-state index contributed by atoms with van der Waals surface area (Å²) >= 11 is 0. The van der Waals surface area contributed by atoms with Crippen LogP contribution in [-0.2, 0) is 9.53 Å². The van der Waals surface area contributed by atoms with Crippen LogP contribution in [0.5, 0.6) is 0 Å². The first kappa shape index (κ1) is 10.6. The highest BCUT2D eigenvalue weighted by Gasteiger charge is 2.36. The molecule has 0 aromatic heterocycles. The normalized spacial score (nSPS) is 34.6. The summed E-state index contributed by atoms with van der Waals surface area (Å²) in [5.74, 6) is 0.288. The highest BCUT2D eigenvalue weighted by Crippen LogP contribution is 2.40. The topological polar surface area (TPSA) is 72.5 Å². The molecule has 0 aromatic rings. The van der Waals surface area contributed by atoms with Gasteiger partial charge in [-0.3, -0.25) is 4.79 Å². The second-order valence-corrected chi connectivity index (χ2v) is 4.42. The smallest absolute Gasteiger partial charge is 0.320 e. The first-order valence-electron chi connectivity index (χ1n) is 5.45. The van der Waals surface area contributed by atoms with E-state index in [-0.39, 0.29) is 0 Å². The maximum atomic E-state index is 10.5. The van der Waals surface area contributed by atoms with Crippen molar-refractivity contribution >= 4 is 5.97 Å². The van der Waals surface area contributed by atoms with Crippen molar-refractivity contribution in [1.29, 1.82) is 0 Å². The lowest BCUT2D eigenvalue weighted by Crippen LogP contribution is -2.32. The Bertz CT molecular complexity index is 277. The summed E-state index contributed by atoms with van der Waals surface area (Å²) in [6.45, 7) is 0.454. The van der Waals surface area contributed by atoms with Crippen molar-refractivity contribution in [2.45, 2.75) is 31.4 Å². The van der Waals surface area contributed by atoms with Crippen LogP contribution in [-0.4, -0.2) is 29.8 Å². The zero-order valence-corrected chi connectivity index (χ0v) is 8.63. The predicted molar refractivity (Wildman–Crippen MR) is 55.3 cm³/mol. The summed E-state index contributed by atoms with van der Waals surface area (Å²) in [5, 5.41) is 8.59. The van der Waals surface area contributed by atoms with Crippen molar-refractivity contribution in [2.75, 3.05) is 6.61 Å². The van der Waals surface area contributed by atoms with Crippen molar-refractivity contribution in [3.63, 3.8) is 0 Å². The first-order chi connectivity index (χ1) is 7.16. The molecule has 2 rings (SSSR count). The van der Waals surface area contributed by atoms with E-state index in [0.717, 1.165) is 6.42 Å². The summed E-state index contributed by atoms with van der Waals surface area (Å²) in [6, 6.07) is -0.792. The van der Waals surface area contributed by atoms with Gasteiger partial charge in [0, 0.05) is 12.5 Å². The maximum absolute atomic E-state index is 10.5. The minimum Gasteiger partial charge on any atom is -0.480 e. The van der Waals surface area contributed by atoms with Gasteiger partial charge in [-0.05, 0) is 25.2 Å². The fourth-order valence-electron chi connectivity index (χ4n) is 2.39. The van der Waals surface area contributed by atoms with E-state index in [1.54, 1.807) is 0 Å². The van der Waals surface area contributed by atoms with Crippen LogP contribution in [0, 0.1) is 11.8 Å². The summed E-state index contributed by atoms with van der Waals surface area (Å²) in [6.07, 6.45) is 7.45. The van der Waals surface area contributed by atoms with E-state index in [0.29, 0.717) is 31.0 Å². The van der Waals surface area contributed by atoms with E-state index in [2.05, 4.69) is 12.2 Å². The molecule has 15 heavy (non-hydrogen) atoms. The number of carboxylic acid groups (broad SMARTS) is 1. The number of fused-ring (bicyclic) bond motifs is 2. The fourth-order valence-corrected chi connectivity index (χ4v) is 2.39. The molecule has 4 nitrogen and oxygen atoms in total. The van der Waals surface area contributed by atoms with Crippen LogP contribution >= 0.6 is 0 Å². The van der Waals surface area contributed by atoms with Crippen molar-refractivity contribution in [2.24, 2.45) is 17.6 Å². The van der Waals surface area contributed by atoms with Gasteiger partial charge in [0.25, 0.3) is 0 Å². The number of ether oxygens (including phenoxy) is 1. The number of carbonyl (C=O) groups is 1. The number of allylic oxidation sites excluding steroid dienone is 1. The maximum Gasteiger partial charge on any atom is 0.320 e. The third kappa shape index (κ3) is 2.38. The molecule has 0 amide bonds. The van der Waals surface area contributed by atoms with Crippen LogP contribution in [0.4, 0.5) is 0 Å². The molecule has 0 aromatic carbocycles. The predicted octanol–water partition coefficient (Wildman–Crippen LogP) is 0.770. The van der Waals surface area contributed by atoms with Gasteiger partial charge in [0.15, 0.2) is 0 Å². The molecule has 0 radical (unpaired) electrons. The van der Waals surface area contributed by atoms with Crippen LogP contribution in [0.15, 0.2) is 12.2 Å². The van der Waals surface area contributed by atoms with E-state index in [1.807, 2.05) is 0 Å². The number of aliphatic carboxylic acids is 1. The van der Waals surface area contributed by atoms with Crippen LogP contribution in [0.2, 0.25) is 0 Å². The number of nitrogens with two attached hydrogens (primary N) is 1. The van der Waals surface area contributed by atoms with E-state index >= 15 is 0 Å². The Kier molecular flexibility index (Phi) is 3.07. The third-order valence-corrected chi connectivity index (χ3v) is 3.30. The lowest BCUT2D eigenvalue weighted by molar-refractivity contribution is -0.139. The van der Waals surface area contributed by atoms with Gasteiger partial charge >= 0.3 is 5.97 Å². The summed E-state index contributed by atoms with van der Waals surface area (Å²) in [4.78, 5) is 10.5. The molecule has 4 atom stereocenters. The quantitative estimate of drug-likeness (QED) is 0.659. The summed E-state index contributed by atoms with van der Waals surface area (Å²) in [5.41, 5.74) is 5.38.